The fraction of sp³-hybridized carbons (Fsp3) is 0.200. The van der Waals surface area contributed by atoms with Gasteiger partial charge in [-0.15, -0.1) is 0 Å². The molecule has 0 fully saturated rings. The minimum atomic E-state index is -1.11. The maximum absolute atomic E-state index is 11.5. The van der Waals surface area contributed by atoms with Gasteiger partial charge in [-0.25, -0.2) is 9.78 Å². The molecule has 0 radical (unpaired) electrons. The van der Waals surface area contributed by atoms with Crippen LogP contribution in [0.4, 0.5) is 0 Å². The molecule has 0 aliphatic carbocycles. The number of aryl methyl sites for hydroxylation is 1. The fourth-order valence-electron chi connectivity index (χ4n) is 1.17. The van der Waals surface area contributed by atoms with Crippen molar-refractivity contribution in [2.24, 2.45) is 5.73 Å². The average Bonchev–Trinajstić information content (AvgIpc) is 2.25. The number of hydrogen-bond donors (Lipinski definition) is 3. The minimum Gasteiger partial charge on any atom is -0.478 e. The lowest BCUT2D eigenvalue weighted by molar-refractivity contribution is -0.117. The fourth-order valence-corrected chi connectivity index (χ4v) is 1.17. The Kier molecular flexibility index (Phi) is 3.76. The van der Waals surface area contributed by atoms with E-state index in [-0.39, 0.29) is 23.5 Å². The maximum atomic E-state index is 11.5. The first-order chi connectivity index (χ1) is 7.91. The highest BCUT2D eigenvalue weighted by Crippen LogP contribution is 2.06. The Morgan fingerprint density at radius 1 is 1.41 bits per heavy atom. The van der Waals surface area contributed by atoms with Gasteiger partial charge in [0.15, 0.2) is 0 Å². The normalized spacial score (nSPS) is 9.71. The van der Waals surface area contributed by atoms with Crippen LogP contribution in [0.1, 0.15) is 26.5 Å². The Hall–Kier alpha value is -2.44. The first kappa shape index (κ1) is 12.6. The molecule has 1 aromatic heterocycles. The Balaban J connectivity index is 2.86. The molecule has 7 nitrogen and oxygen atoms in total. The number of carboxylic acid groups (broad SMARTS) is 1. The largest absolute Gasteiger partial charge is 0.478 e. The third-order valence-corrected chi connectivity index (χ3v) is 1.97. The molecule has 0 saturated carbocycles. The van der Waals surface area contributed by atoms with Crippen molar-refractivity contribution in [1.82, 2.24) is 10.3 Å². The second-order valence-electron chi connectivity index (χ2n) is 3.28. The van der Waals surface area contributed by atoms with Crippen LogP contribution < -0.4 is 11.1 Å². The molecule has 90 valence electrons. The Morgan fingerprint density at radius 3 is 2.53 bits per heavy atom. The molecule has 1 heterocycles. The number of aromatic nitrogens is 1. The summed E-state index contributed by atoms with van der Waals surface area (Å²) in [4.78, 5) is 36.5. The van der Waals surface area contributed by atoms with E-state index < -0.39 is 17.8 Å². The summed E-state index contributed by atoms with van der Waals surface area (Å²) in [5.41, 5.74) is 5.15. The lowest BCUT2D eigenvalue weighted by Crippen LogP contribution is -2.33. The summed E-state index contributed by atoms with van der Waals surface area (Å²) in [6.07, 6.45) is 0. The summed E-state index contributed by atoms with van der Waals surface area (Å²) >= 11 is 0. The first-order valence-electron chi connectivity index (χ1n) is 4.69. The summed E-state index contributed by atoms with van der Waals surface area (Å²) in [6, 6.07) is 2.55. The molecule has 1 rings (SSSR count). The Morgan fingerprint density at radius 2 is 2.06 bits per heavy atom. The summed E-state index contributed by atoms with van der Waals surface area (Å²) in [5.74, 6) is -2.36. The van der Waals surface area contributed by atoms with Crippen molar-refractivity contribution in [1.29, 1.82) is 0 Å². The number of hydrogen-bond acceptors (Lipinski definition) is 4. The molecule has 0 atom stereocenters. The molecular formula is C10H11N3O4. The highest BCUT2D eigenvalue weighted by Gasteiger charge is 2.13. The van der Waals surface area contributed by atoms with Crippen molar-refractivity contribution < 1.29 is 19.5 Å². The summed E-state index contributed by atoms with van der Waals surface area (Å²) in [7, 11) is 0. The molecule has 0 aliphatic heterocycles. The third-order valence-electron chi connectivity index (χ3n) is 1.97. The number of nitrogens with one attached hydrogen (secondary N) is 1. The van der Waals surface area contributed by atoms with Gasteiger partial charge in [0.25, 0.3) is 5.91 Å². The van der Waals surface area contributed by atoms with Crippen LogP contribution in [0.5, 0.6) is 0 Å². The lowest BCUT2D eigenvalue weighted by Gasteiger charge is -2.04. The number of nitrogens with zero attached hydrogens (tertiary/aromatic N) is 1. The number of pyridine rings is 1. The Labute approximate surface area is 96.6 Å². The number of carbonyl (C=O) groups excluding carboxylic acids is 2. The van der Waals surface area contributed by atoms with E-state index in [0.29, 0.717) is 0 Å². The Bertz CT molecular complexity index is 484. The maximum Gasteiger partial charge on any atom is 0.337 e. The van der Waals surface area contributed by atoms with E-state index in [9.17, 15) is 14.4 Å². The summed E-state index contributed by atoms with van der Waals surface area (Å²) < 4.78 is 0. The van der Waals surface area contributed by atoms with Gasteiger partial charge in [-0.3, -0.25) is 9.59 Å². The first-order valence-corrected chi connectivity index (χ1v) is 4.69. The molecule has 4 N–H and O–H groups in total. The van der Waals surface area contributed by atoms with Gasteiger partial charge in [0.05, 0.1) is 17.8 Å². The van der Waals surface area contributed by atoms with E-state index in [1.807, 2.05) is 0 Å². The zero-order valence-electron chi connectivity index (χ0n) is 9.06. The van der Waals surface area contributed by atoms with E-state index in [1.165, 1.54) is 19.1 Å². The molecular weight excluding hydrogens is 226 g/mol. The zero-order chi connectivity index (χ0) is 13.0. The van der Waals surface area contributed by atoms with Crippen LogP contribution >= 0.6 is 0 Å². The minimum absolute atomic E-state index is 0.0245. The SMILES string of the molecule is Cc1nc(C(=O)NCC(N)=O)ccc1C(=O)O. The van der Waals surface area contributed by atoms with Crippen LogP contribution in [0.25, 0.3) is 0 Å². The quantitative estimate of drug-likeness (QED) is 0.639. The van der Waals surface area contributed by atoms with Gasteiger partial charge < -0.3 is 16.2 Å². The molecule has 0 unspecified atom stereocenters. The van der Waals surface area contributed by atoms with Crippen molar-refractivity contribution >= 4 is 17.8 Å². The molecule has 0 aliphatic rings. The molecule has 2 amide bonds. The van der Waals surface area contributed by atoms with E-state index in [0.717, 1.165) is 0 Å². The van der Waals surface area contributed by atoms with Crippen LogP contribution in [-0.2, 0) is 4.79 Å². The highest BCUT2D eigenvalue weighted by molar-refractivity contribution is 5.96. The van der Waals surface area contributed by atoms with Gasteiger partial charge in [0.1, 0.15) is 5.69 Å². The predicted octanol–water partition coefficient (Wildman–Crippen LogP) is -0.697. The highest BCUT2D eigenvalue weighted by atomic mass is 16.4. The van der Waals surface area contributed by atoms with Crippen molar-refractivity contribution in [3.05, 3.63) is 29.1 Å². The predicted molar refractivity (Wildman–Crippen MR) is 57.5 cm³/mol. The summed E-state index contributed by atoms with van der Waals surface area (Å²) in [6.45, 7) is 1.19. The van der Waals surface area contributed by atoms with Crippen LogP contribution in [0.3, 0.4) is 0 Å². The number of aromatic carboxylic acids is 1. The summed E-state index contributed by atoms with van der Waals surface area (Å²) in [5, 5.41) is 11.0. The van der Waals surface area contributed by atoms with Gasteiger partial charge in [-0.2, -0.15) is 0 Å². The van der Waals surface area contributed by atoms with E-state index in [4.69, 9.17) is 10.8 Å². The topological polar surface area (TPSA) is 122 Å². The van der Waals surface area contributed by atoms with E-state index in [2.05, 4.69) is 10.3 Å². The van der Waals surface area contributed by atoms with Crippen molar-refractivity contribution in [2.75, 3.05) is 6.54 Å². The van der Waals surface area contributed by atoms with Crippen LogP contribution in [0.15, 0.2) is 12.1 Å². The van der Waals surface area contributed by atoms with Crippen molar-refractivity contribution in [3.63, 3.8) is 0 Å². The van der Waals surface area contributed by atoms with Gasteiger partial charge in [-0.05, 0) is 19.1 Å². The molecule has 0 saturated heterocycles. The smallest absolute Gasteiger partial charge is 0.337 e. The molecule has 7 heteroatoms. The van der Waals surface area contributed by atoms with Crippen LogP contribution in [0, 0.1) is 6.92 Å². The van der Waals surface area contributed by atoms with Gasteiger partial charge in [0.2, 0.25) is 5.91 Å². The molecule has 0 aromatic carbocycles. The number of rotatable bonds is 4. The number of nitrogens with two attached hydrogens (primary N) is 1. The monoisotopic (exact) mass is 237 g/mol. The molecule has 0 spiro atoms. The van der Waals surface area contributed by atoms with E-state index >= 15 is 0 Å². The third kappa shape index (κ3) is 3.26. The standard InChI is InChI=1S/C10H11N3O4/c1-5-6(10(16)17)2-3-7(13-5)9(15)12-4-8(11)14/h2-3H,4H2,1H3,(H2,11,14)(H,12,15)(H,16,17). The average molecular weight is 237 g/mol. The van der Waals surface area contributed by atoms with Gasteiger partial charge >= 0.3 is 5.97 Å². The molecule has 17 heavy (non-hydrogen) atoms. The zero-order valence-corrected chi connectivity index (χ0v) is 9.06. The molecule has 1 aromatic rings. The number of primary amides is 1. The number of carbonyl (C=O) groups is 3. The van der Waals surface area contributed by atoms with Crippen LogP contribution in [-0.4, -0.2) is 34.4 Å². The van der Waals surface area contributed by atoms with Crippen molar-refractivity contribution in [3.8, 4) is 0 Å². The number of amides is 2. The van der Waals surface area contributed by atoms with Crippen molar-refractivity contribution in [2.45, 2.75) is 6.92 Å². The van der Waals surface area contributed by atoms with Gasteiger partial charge in [-0.1, -0.05) is 0 Å². The van der Waals surface area contributed by atoms with Gasteiger partial charge in [0, 0.05) is 0 Å². The second-order valence-corrected chi connectivity index (χ2v) is 3.28. The van der Waals surface area contributed by atoms with Crippen LogP contribution in [0.2, 0.25) is 0 Å². The second kappa shape index (κ2) is 5.06. The molecule has 0 bridgehead atoms. The van der Waals surface area contributed by atoms with E-state index in [1.54, 1.807) is 0 Å². The lowest BCUT2D eigenvalue weighted by atomic mass is 10.2. The number of carboxylic acids is 1.